The summed E-state index contributed by atoms with van der Waals surface area (Å²) < 4.78 is 5.21. The summed E-state index contributed by atoms with van der Waals surface area (Å²) in [5, 5.41) is 5.20. The molecule has 23 heavy (non-hydrogen) atoms. The van der Waals surface area contributed by atoms with Crippen LogP contribution >= 0.6 is 0 Å². The number of aryl methyl sites for hydroxylation is 2. The van der Waals surface area contributed by atoms with E-state index >= 15 is 0 Å². The molecule has 0 aliphatic carbocycles. The number of hydrogen-bond donors (Lipinski definition) is 2. The number of carbonyl (C=O) groups excluding carboxylic acids is 2. The zero-order chi connectivity index (χ0) is 16.8. The second-order valence-corrected chi connectivity index (χ2v) is 5.33. The normalized spacial score (nSPS) is 10.0. The maximum Gasteiger partial charge on any atom is 0.313 e. The lowest BCUT2D eigenvalue weighted by Gasteiger charge is -2.10. The lowest BCUT2D eigenvalue weighted by Crippen LogP contribution is -2.35. The highest BCUT2D eigenvalue weighted by molar-refractivity contribution is 6.39. The first-order valence-electron chi connectivity index (χ1n) is 7.29. The molecule has 0 bridgehead atoms. The maximum absolute atomic E-state index is 12.0. The standard InChI is InChI=1S/C18H20N2O3/c1-12-8-13(2)10-15(9-12)20-18(22)17(21)19-11-14-6-4-5-7-16(14)23-3/h4-10H,11H2,1-3H3,(H,19,21)(H,20,22). The second kappa shape index (κ2) is 7.45. The highest BCUT2D eigenvalue weighted by atomic mass is 16.5. The number of carbonyl (C=O) groups is 2. The molecule has 2 N–H and O–H groups in total. The average Bonchev–Trinajstić information content (AvgIpc) is 2.51. The third-order valence-corrected chi connectivity index (χ3v) is 3.32. The van der Waals surface area contributed by atoms with Crippen molar-refractivity contribution in [2.45, 2.75) is 20.4 Å². The van der Waals surface area contributed by atoms with Crippen LogP contribution in [0.15, 0.2) is 42.5 Å². The van der Waals surface area contributed by atoms with E-state index in [0.29, 0.717) is 11.4 Å². The molecular formula is C18H20N2O3. The molecule has 0 aliphatic rings. The van der Waals surface area contributed by atoms with Gasteiger partial charge in [0.1, 0.15) is 5.75 Å². The van der Waals surface area contributed by atoms with Gasteiger partial charge in [-0.1, -0.05) is 24.3 Å². The predicted molar refractivity (Wildman–Crippen MR) is 89.4 cm³/mol. The molecule has 0 heterocycles. The van der Waals surface area contributed by atoms with Crippen molar-refractivity contribution in [3.8, 4) is 5.75 Å². The lowest BCUT2D eigenvalue weighted by molar-refractivity contribution is -0.136. The molecule has 2 amide bonds. The number of anilines is 1. The third kappa shape index (κ3) is 4.57. The van der Waals surface area contributed by atoms with Crippen molar-refractivity contribution in [3.63, 3.8) is 0 Å². The smallest absolute Gasteiger partial charge is 0.313 e. The van der Waals surface area contributed by atoms with Crippen molar-refractivity contribution in [1.29, 1.82) is 0 Å². The van der Waals surface area contributed by atoms with Crippen LogP contribution in [0.4, 0.5) is 5.69 Å². The number of ether oxygens (including phenoxy) is 1. The number of amides is 2. The molecule has 5 nitrogen and oxygen atoms in total. The van der Waals surface area contributed by atoms with E-state index in [1.165, 1.54) is 0 Å². The highest BCUT2D eigenvalue weighted by Crippen LogP contribution is 2.17. The van der Waals surface area contributed by atoms with Gasteiger partial charge in [-0.3, -0.25) is 9.59 Å². The Morgan fingerprint density at radius 1 is 1.00 bits per heavy atom. The molecule has 0 aromatic heterocycles. The van der Waals surface area contributed by atoms with Gasteiger partial charge in [0, 0.05) is 17.8 Å². The first kappa shape index (κ1) is 16.5. The Labute approximate surface area is 135 Å². The SMILES string of the molecule is COc1ccccc1CNC(=O)C(=O)Nc1cc(C)cc(C)c1. The van der Waals surface area contributed by atoms with Crippen LogP contribution in [0.25, 0.3) is 0 Å². The number of hydrogen-bond acceptors (Lipinski definition) is 3. The van der Waals surface area contributed by atoms with E-state index in [1.807, 2.05) is 50.2 Å². The Bertz CT molecular complexity index is 706. The molecule has 120 valence electrons. The van der Waals surface area contributed by atoms with E-state index in [1.54, 1.807) is 13.2 Å². The molecule has 0 atom stereocenters. The summed E-state index contributed by atoms with van der Waals surface area (Å²) in [4.78, 5) is 23.9. The Kier molecular flexibility index (Phi) is 5.36. The fourth-order valence-electron chi connectivity index (χ4n) is 2.34. The molecule has 2 aromatic rings. The van der Waals surface area contributed by atoms with Gasteiger partial charge in [0.05, 0.1) is 7.11 Å². The summed E-state index contributed by atoms with van der Waals surface area (Å²) in [7, 11) is 1.56. The summed E-state index contributed by atoms with van der Waals surface area (Å²) in [6.45, 7) is 4.10. The van der Waals surface area contributed by atoms with Crippen LogP contribution in [-0.2, 0) is 16.1 Å². The van der Waals surface area contributed by atoms with Crippen molar-refractivity contribution in [1.82, 2.24) is 5.32 Å². The van der Waals surface area contributed by atoms with E-state index in [4.69, 9.17) is 4.74 Å². The van der Waals surface area contributed by atoms with Gasteiger partial charge in [0.25, 0.3) is 0 Å². The van der Waals surface area contributed by atoms with E-state index < -0.39 is 11.8 Å². The van der Waals surface area contributed by atoms with E-state index in [2.05, 4.69) is 10.6 Å². The fourth-order valence-corrected chi connectivity index (χ4v) is 2.34. The number of methoxy groups -OCH3 is 1. The van der Waals surface area contributed by atoms with Gasteiger partial charge < -0.3 is 15.4 Å². The third-order valence-electron chi connectivity index (χ3n) is 3.32. The predicted octanol–water partition coefficient (Wildman–Crippen LogP) is 2.57. The van der Waals surface area contributed by atoms with Gasteiger partial charge in [0.15, 0.2) is 0 Å². The Morgan fingerprint density at radius 2 is 1.65 bits per heavy atom. The molecule has 0 unspecified atom stereocenters. The minimum atomic E-state index is -0.690. The van der Waals surface area contributed by atoms with Crippen LogP contribution < -0.4 is 15.4 Å². The molecule has 0 aliphatic heterocycles. The largest absolute Gasteiger partial charge is 0.496 e. The van der Waals surface area contributed by atoms with Gasteiger partial charge in [-0.05, 0) is 43.2 Å². The van der Waals surface area contributed by atoms with Crippen LogP contribution in [0, 0.1) is 13.8 Å². The zero-order valence-corrected chi connectivity index (χ0v) is 13.5. The molecule has 0 spiro atoms. The monoisotopic (exact) mass is 312 g/mol. The van der Waals surface area contributed by atoms with E-state index in [0.717, 1.165) is 16.7 Å². The molecule has 0 fully saturated rings. The number of para-hydroxylation sites is 1. The number of benzene rings is 2. The molecule has 0 saturated heterocycles. The summed E-state index contributed by atoms with van der Waals surface area (Å²) in [5.74, 6) is -0.706. The maximum atomic E-state index is 12.0. The summed E-state index contributed by atoms with van der Waals surface area (Å²) in [6.07, 6.45) is 0. The van der Waals surface area contributed by atoms with Crippen molar-refractivity contribution >= 4 is 17.5 Å². The molecule has 0 radical (unpaired) electrons. The number of rotatable bonds is 4. The Balaban J connectivity index is 1.96. The van der Waals surface area contributed by atoms with Gasteiger partial charge >= 0.3 is 11.8 Å². The second-order valence-electron chi connectivity index (χ2n) is 5.33. The topological polar surface area (TPSA) is 67.4 Å². The van der Waals surface area contributed by atoms with Crippen LogP contribution in [0.1, 0.15) is 16.7 Å². The zero-order valence-electron chi connectivity index (χ0n) is 13.5. The highest BCUT2D eigenvalue weighted by Gasteiger charge is 2.14. The first-order chi connectivity index (χ1) is 11.0. The van der Waals surface area contributed by atoms with Gasteiger partial charge in [-0.25, -0.2) is 0 Å². The van der Waals surface area contributed by atoms with Crippen LogP contribution in [0.5, 0.6) is 5.75 Å². The fraction of sp³-hybridized carbons (Fsp3) is 0.222. The van der Waals surface area contributed by atoms with Crippen LogP contribution in [0.3, 0.4) is 0 Å². The minimum absolute atomic E-state index is 0.225. The molecule has 5 heteroatoms. The Hall–Kier alpha value is -2.82. The molecule has 0 saturated carbocycles. The summed E-state index contributed by atoms with van der Waals surface area (Å²) >= 11 is 0. The van der Waals surface area contributed by atoms with E-state index in [9.17, 15) is 9.59 Å². The van der Waals surface area contributed by atoms with Crippen molar-refractivity contribution < 1.29 is 14.3 Å². The molecular weight excluding hydrogens is 292 g/mol. The van der Waals surface area contributed by atoms with Crippen molar-refractivity contribution in [2.75, 3.05) is 12.4 Å². The Morgan fingerprint density at radius 3 is 2.30 bits per heavy atom. The van der Waals surface area contributed by atoms with Gasteiger partial charge in [0.2, 0.25) is 0 Å². The summed E-state index contributed by atoms with van der Waals surface area (Å²) in [5.41, 5.74) is 3.46. The molecule has 2 rings (SSSR count). The minimum Gasteiger partial charge on any atom is -0.496 e. The van der Waals surface area contributed by atoms with Crippen LogP contribution in [0.2, 0.25) is 0 Å². The van der Waals surface area contributed by atoms with Gasteiger partial charge in [-0.2, -0.15) is 0 Å². The van der Waals surface area contributed by atoms with E-state index in [-0.39, 0.29) is 6.54 Å². The number of nitrogens with one attached hydrogen (secondary N) is 2. The summed E-state index contributed by atoms with van der Waals surface area (Å²) in [6, 6.07) is 13.0. The lowest BCUT2D eigenvalue weighted by atomic mass is 10.1. The van der Waals surface area contributed by atoms with Gasteiger partial charge in [-0.15, -0.1) is 0 Å². The van der Waals surface area contributed by atoms with Crippen LogP contribution in [-0.4, -0.2) is 18.9 Å². The van der Waals surface area contributed by atoms with Crippen molar-refractivity contribution in [2.24, 2.45) is 0 Å². The quantitative estimate of drug-likeness (QED) is 0.853. The first-order valence-corrected chi connectivity index (χ1v) is 7.29. The molecule has 2 aromatic carbocycles. The van der Waals surface area contributed by atoms with Crippen molar-refractivity contribution in [3.05, 3.63) is 59.2 Å². The average molecular weight is 312 g/mol.